The number of benzene rings is 2. The van der Waals surface area contributed by atoms with E-state index in [1.807, 2.05) is 24.3 Å². The molecule has 7 nitrogen and oxygen atoms in total. The second kappa shape index (κ2) is 11.7. The molecule has 0 aromatic heterocycles. The van der Waals surface area contributed by atoms with Crippen molar-refractivity contribution in [1.82, 2.24) is 14.5 Å². The van der Waals surface area contributed by atoms with Crippen molar-refractivity contribution in [2.24, 2.45) is 0 Å². The van der Waals surface area contributed by atoms with Gasteiger partial charge < -0.3 is 10.2 Å². The summed E-state index contributed by atoms with van der Waals surface area (Å²) in [6.45, 7) is 1.46. The number of hydrogen-bond donors (Lipinski definition) is 1. The molecule has 34 heavy (non-hydrogen) atoms. The zero-order valence-corrected chi connectivity index (χ0v) is 22.4. The summed E-state index contributed by atoms with van der Waals surface area (Å²) >= 11 is 9.27. The van der Waals surface area contributed by atoms with Crippen molar-refractivity contribution >= 4 is 49.4 Å². The maximum atomic E-state index is 13.3. The Labute approximate surface area is 214 Å². The van der Waals surface area contributed by atoms with Crippen LogP contribution in [0, 0.1) is 0 Å². The lowest BCUT2D eigenvalue weighted by atomic mass is 10.1. The van der Waals surface area contributed by atoms with Gasteiger partial charge in [0.25, 0.3) is 0 Å². The summed E-state index contributed by atoms with van der Waals surface area (Å²) < 4.78 is 27.8. The molecule has 1 aliphatic carbocycles. The summed E-state index contributed by atoms with van der Waals surface area (Å²) in [7, 11) is -2.56. The molecule has 2 aromatic carbocycles. The number of nitrogens with one attached hydrogen (secondary N) is 1. The Bertz CT molecular complexity index is 1100. The first-order valence-electron chi connectivity index (χ1n) is 11.1. The zero-order chi connectivity index (χ0) is 24.9. The fraction of sp³-hybridized carbons (Fsp3) is 0.417. The molecule has 0 spiro atoms. The summed E-state index contributed by atoms with van der Waals surface area (Å²) in [5, 5.41) is 3.46. The summed E-state index contributed by atoms with van der Waals surface area (Å²) in [4.78, 5) is 27.8. The van der Waals surface area contributed by atoms with Gasteiger partial charge in [-0.25, -0.2) is 8.42 Å². The van der Waals surface area contributed by atoms with Gasteiger partial charge in [-0.3, -0.25) is 9.59 Å². The van der Waals surface area contributed by atoms with Gasteiger partial charge in [-0.15, -0.1) is 0 Å². The molecular weight excluding hydrogens is 542 g/mol. The van der Waals surface area contributed by atoms with Crippen LogP contribution in [0.2, 0.25) is 5.02 Å². The average Bonchev–Trinajstić information content (AvgIpc) is 3.31. The number of carbonyl (C=O) groups is 2. The maximum absolute atomic E-state index is 13.3. The highest BCUT2D eigenvalue weighted by molar-refractivity contribution is 9.10. The molecule has 0 unspecified atom stereocenters. The Morgan fingerprint density at radius 2 is 1.68 bits per heavy atom. The molecule has 2 amide bonds. The highest BCUT2D eigenvalue weighted by atomic mass is 79.9. The normalized spacial score (nSPS) is 15.3. The van der Waals surface area contributed by atoms with E-state index in [1.165, 1.54) is 36.2 Å². The van der Waals surface area contributed by atoms with Crippen molar-refractivity contribution in [2.45, 2.75) is 56.1 Å². The SMILES string of the molecule is C[C@@H](C(=O)NC1CCCC1)N(Cc1ccc(Br)cc1)C(=O)CN(C)S(=O)(=O)c1ccc(Cl)cc1. The van der Waals surface area contributed by atoms with Crippen molar-refractivity contribution in [3.05, 3.63) is 63.6 Å². The summed E-state index contributed by atoms with van der Waals surface area (Å²) in [6.07, 6.45) is 4.02. The highest BCUT2D eigenvalue weighted by Gasteiger charge is 2.31. The maximum Gasteiger partial charge on any atom is 0.243 e. The van der Waals surface area contributed by atoms with Gasteiger partial charge in [0.2, 0.25) is 21.8 Å². The van der Waals surface area contributed by atoms with Gasteiger partial charge in [0.05, 0.1) is 11.4 Å². The van der Waals surface area contributed by atoms with E-state index in [2.05, 4.69) is 21.2 Å². The topological polar surface area (TPSA) is 86.8 Å². The van der Waals surface area contributed by atoms with Gasteiger partial charge in [0.1, 0.15) is 6.04 Å². The minimum atomic E-state index is -3.91. The fourth-order valence-electron chi connectivity index (χ4n) is 3.91. The average molecular weight is 571 g/mol. The van der Waals surface area contributed by atoms with Crippen LogP contribution in [0.4, 0.5) is 0 Å². The van der Waals surface area contributed by atoms with E-state index in [4.69, 9.17) is 11.6 Å². The van der Waals surface area contributed by atoms with Gasteiger partial charge in [0, 0.05) is 29.1 Å². The molecule has 0 aliphatic heterocycles. The van der Waals surface area contributed by atoms with E-state index in [1.54, 1.807) is 6.92 Å². The van der Waals surface area contributed by atoms with Crippen molar-refractivity contribution in [1.29, 1.82) is 0 Å². The lowest BCUT2D eigenvalue weighted by molar-refractivity contribution is -0.140. The van der Waals surface area contributed by atoms with Crippen LogP contribution in [0.3, 0.4) is 0 Å². The van der Waals surface area contributed by atoms with Crippen molar-refractivity contribution in [3.8, 4) is 0 Å². The molecule has 0 saturated heterocycles. The van der Waals surface area contributed by atoms with Crippen LogP contribution in [-0.2, 0) is 26.2 Å². The third-order valence-corrected chi connectivity index (χ3v) is 8.61. The molecule has 1 aliphatic rings. The molecule has 2 aromatic rings. The van der Waals surface area contributed by atoms with E-state index < -0.39 is 28.5 Å². The van der Waals surface area contributed by atoms with E-state index >= 15 is 0 Å². The van der Waals surface area contributed by atoms with Crippen LogP contribution in [-0.4, -0.2) is 55.1 Å². The van der Waals surface area contributed by atoms with Crippen LogP contribution in [0.1, 0.15) is 38.2 Å². The summed E-state index contributed by atoms with van der Waals surface area (Å²) in [5.41, 5.74) is 0.834. The lowest BCUT2D eigenvalue weighted by Gasteiger charge is -2.31. The first-order chi connectivity index (χ1) is 16.1. The summed E-state index contributed by atoms with van der Waals surface area (Å²) in [5.74, 6) is -0.697. The van der Waals surface area contributed by atoms with Crippen molar-refractivity contribution < 1.29 is 18.0 Å². The van der Waals surface area contributed by atoms with Crippen LogP contribution < -0.4 is 5.32 Å². The zero-order valence-electron chi connectivity index (χ0n) is 19.2. The van der Waals surface area contributed by atoms with Gasteiger partial charge in [-0.1, -0.05) is 52.5 Å². The predicted molar refractivity (Wildman–Crippen MR) is 136 cm³/mol. The number of likely N-dealkylation sites (N-methyl/N-ethyl adjacent to an activating group) is 1. The number of halogens is 2. The molecule has 0 radical (unpaired) electrons. The third kappa shape index (κ3) is 6.81. The summed E-state index contributed by atoms with van der Waals surface area (Å²) in [6, 6.07) is 12.6. The smallest absolute Gasteiger partial charge is 0.243 e. The quantitative estimate of drug-likeness (QED) is 0.490. The Kier molecular flexibility index (Phi) is 9.14. The molecule has 0 bridgehead atoms. The largest absolute Gasteiger partial charge is 0.352 e. The molecule has 10 heteroatoms. The van der Waals surface area contributed by atoms with Gasteiger partial charge in [0.15, 0.2) is 0 Å². The van der Waals surface area contributed by atoms with E-state index in [9.17, 15) is 18.0 Å². The van der Waals surface area contributed by atoms with Crippen LogP contribution in [0.25, 0.3) is 0 Å². The van der Waals surface area contributed by atoms with Gasteiger partial charge in [-0.05, 0) is 61.7 Å². The Morgan fingerprint density at radius 1 is 1.09 bits per heavy atom. The molecular formula is C24H29BrClN3O4S. The molecule has 1 atom stereocenters. The molecule has 184 valence electrons. The monoisotopic (exact) mass is 569 g/mol. The van der Waals surface area contributed by atoms with Crippen molar-refractivity contribution in [3.63, 3.8) is 0 Å². The van der Waals surface area contributed by atoms with Gasteiger partial charge in [-0.2, -0.15) is 4.31 Å². The van der Waals surface area contributed by atoms with E-state index in [0.29, 0.717) is 5.02 Å². The minimum Gasteiger partial charge on any atom is -0.352 e. The van der Waals surface area contributed by atoms with E-state index in [0.717, 1.165) is 40.0 Å². The predicted octanol–water partition coefficient (Wildman–Crippen LogP) is 4.20. The second-order valence-corrected chi connectivity index (χ2v) is 11.9. The fourth-order valence-corrected chi connectivity index (χ4v) is 5.42. The Hall–Kier alpha value is -1.94. The number of carbonyl (C=O) groups excluding carboxylic acids is 2. The molecule has 1 fully saturated rings. The molecule has 0 heterocycles. The second-order valence-electron chi connectivity index (χ2n) is 8.53. The van der Waals surface area contributed by atoms with Crippen LogP contribution in [0.5, 0.6) is 0 Å². The van der Waals surface area contributed by atoms with Crippen LogP contribution >= 0.6 is 27.5 Å². The minimum absolute atomic E-state index is 0.0404. The Balaban J connectivity index is 1.78. The highest BCUT2D eigenvalue weighted by Crippen LogP contribution is 2.20. The molecule has 1 saturated carbocycles. The molecule has 1 N–H and O–H groups in total. The Morgan fingerprint density at radius 3 is 2.26 bits per heavy atom. The van der Waals surface area contributed by atoms with Gasteiger partial charge >= 0.3 is 0 Å². The van der Waals surface area contributed by atoms with E-state index in [-0.39, 0.29) is 23.4 Å². The lowest BCUT2D eigenvalue weighted by Crippen LogP contribution is -2.52. The third-order valence-electron chi connectivity index (χ3n) is 6.01. The first kappa shape index (κ1) is 26.7. The number of nitrogens with zero attached hydrogens (tertiary/aromatic N) is 2. The number of amides is 2. The number of hydrogen-bond acceptors (Lipinski definition) is 4. The van der Waals surface area contributed by atoms with Crippen LogP contribution in [0.15, 0.2) is 57.9 Å². The van der Waals surface area contributed by atoms with Crippen molar-refractivity contribution in [2.75, 3.05) is 13.6 Å². The standard InChI is InChI=1S/C24H29BrClN3O4S/c1-17(24(31)27-21-5-3-4-6-21)29(15-18-7-9-19(25)10-8-18)23(30)16-28(2)34(32,33)22-13-11-20(26)12-14-22/h7-14,17,21H,3-6,15-16H2,1-2H3,(H,27,31)/t17-/m0/s1. The molecule has 3 rings (SSSR count). The number of rotatable bonds is 9. The number of sulfonamides is 1. The first-order valence-corrected chi connectivity index (χ1v) is 13.7.